The number of fused-ring (bicyclic) bond motifs is 9. The normalized spacial score (nSPS) is 45.9. The fourth-order valence-electron chi connectivity index (χ4n) is 6.72. The topological polar surface area (TPSA) is 0 Å². The first-order chi connectivity index (χ1) is 10.6. The third-order valence-electron chi connectivity index (χ3n) is 8.09. The van der Waals surface area contributed by atoms with Gasteiger partial charge in [0.25, 0.3) is 0 Å². The highest BCUT2D eigenvalue weighted by Crippen LogP contribution is 2.89. The van der Waals surface area contributed by atoms with Crippen LogP contribution in [0.4, 0.5) is 0 Å². The Labute approximate surface area is 143 Å². The van der Waals surface area contributed by atoms with E-state index in [-0.39, 0.29) is 21.3 Å². The number of hydrogen-bond donors (Lipinski definition) is 0. The lowest BCUT2D eigenvalue weighted by Crippen LogP contribution is -2.35. The van der Waals surface area contributed by atoms with E-state index in [1.807, 2.05) is 21.8 Å². The number of rotatable bonds is 0. The fourth-order valence-corrected chi connectivity index (χ4v) is 14.6. The molecule has 0 aromatic carbocycles. The zero-order valence-electron chi connectivity index (χ0n) is 15.8. The van der Waals surface area contributed by atoms with Crippen LogP contribution in [0.3, 0.4) is 0 Å². The van der Waals surface area contributed by atoms with Crippen LogP contribution in [-0.2, 0) is 0 Å². The van der Waals surface area contributed by atoms with Gasteiger partial charge in [0.1, 0.15) is 0 Å². The van der Waals surface area contributed by atoms with Gasteiger partial charge in [0.2, 0.25) is 0 Å². The van der Waals surface area contributed by atoms with Crippen LogP contribution in [0, 0.1) is 16.2 Å². The Morgan fingerprint density at radius 3 is 1.35 bits per heavy atom. The standard InChI is InChI=1S/C21H28P2/c1-11-13(3)22-9-20(11,7)17-15(22)16-18(19(17,5)6)21(8)10-23(16)14(4)12(21)2/h9-10H2,1-8H3/t20-,21-,22?,23?/m1/s1. The van der Waals surface area contributed by atoms with Crippen LogP contribution >= 0.6 is 15.8 Å². The predicted octanol–water partition coefficient (Wildman–Crippen LogP) is 7.15. The van der Waals surface area contributed by atoms with Crippen LogP contribution in [0.5, 0.6) is 0 Å². The van der Waals surface area contributed by atoms with E-state index >= 15 is 0 Å². The molecular weight excluding hydrogens is 314 g/mol. The average molecular weight is 342 g/mol. The summed E-state index contributed by atoms with van der Waals surface area (Å²) in [5.41, 5.74) is 8.15. The Morgan fingerprint density at radius 1 is 0.652 bits per heavy atom. The largest absolute Gasteiger partial charge is 0.0592 e. The Kier molecular flexibility index (Phi) is 2.50. The first-order valence-electron chi connectivity index (χ1n) is 8.98. The summed E-state index contributed by atoms with van der Waals surface area (Å²) in [4.78, 5) is 0. The van der Waals surface area contributed by atoms with Crippen molar-refractivity contribution < 1.29 is 0 Å². The monoisotopic (exact) mass is 342 g/mol. The Bertz CT molecular complexity index is 764. The van der Waals surface area contributed by atoms with Gasteiger partial charge in [0.05, 0.1) is 0 Å². The van der Waals surface area contributed by atoms with E-state index in [1.54, 1.807) is 21.8 Å². The van der Waals surface area contributed by atoms with Gasteiger partial charge in [-0.25, -0.2) is 0 Å². The highest BCUT2D eigenvalue weighted by Gasteiger charge is 2.66. The SMILES string of the molecule is CC1=C(C)[C@@]2(C)CP1C1=C2C(C)(C)C2=C1P1C[C@]2(C)C(C)=C1C. The summed E-state index contributed by atoms with van der Waals surface area (Å²) in [6, 6.07) is 0. The maximum Gasteiger partial charge on any atom is 0.0159 e. The highest BCUT2D eigenvalue weighted by atomic mass is 31.1. The molecule has 0 N–H and O–H groups in total. The molecule has 0 saturated heterocycles. The van der Waals surface area contributed by atoms with Crippen LogP contribution in [0.15, 0.2) is 43.5 Å². The van der Waals surface area contributed by atoms with Gasteiger partial charge in [-0.3, -0.25) is 0 Å². The van der Waals surface area contributed by atoms with Gasteiger partial charge < -0.3 is 0 Å². The predicted molar refractivity (Wildman–Crippen MR) is 104 cm³/mol. The van der Waals surface area contributed by atoms with Gasteiger partial charge in [0, 0.05) is 16.2 Å². The van der Waals surface area contributed by atoms with Crippen molar-refractivity contribution in [1.82, 2.24) is 0 Å². The second kappa shape index (κ2) is 3.81. The van der Waals surface area contributed by atoms with E-state index in [0.717, 1.165) is 0 Å². The maximum absolute atomic E-state index is 2.56. The smallest absolute Gasteiger partial charge is 0.0159 e. The van der Waals surface area contributed by atoms with E-state index in [4.69, 9.17) is 0 Å². The molecule has 23 heavy (non-hydrogen) atoms. The van der Waals surface area contributed by atoms with Crippen LogP contribution in [0.25, 0.3) is 0 Å². The third-order valence-corrected chi connectivity index (χ3v) is 14.4. The summed E-state index contributed by atoms with van der Waals surface area (Å²) in [5, 5.41) is 7.31. The summed E-state index contributed by atoms with van der Waals surface area (Å²) in [6.45, 7) is 20.0. The zero-order chi connectivity index (χ0) is 16.7. The minimum atomic E-state index is -0.0211. The van der Waals surface area contributed by atoms with Crippen molar-refractivity contribution in [3.05, 3.63) is 43.5 Å². The van der Waals surface area contributed by atoms with Crippen LogP contribution in [-0.4, -0.2) is 12.3 Å². The molecule has 5 aliphatic rings. The van der Waals surface area contributed by atoms with Crippen molar-refractivity contribution in [3.63, 3.8) is 0 Å². The molecule has 4 atom stereocenters. The van der Waals surface area contributed by atoms with Crippen LogP contribution in [0.2, 0.25) is 0 Å². The molecule has 122 valence electrons. The second-order valence-electron chi connectivity index (χ2n) is 9.33. The lowest BCUT2D eigenvalue weighted by Gasteiger charge is -2.42. The fraction of sp³-hybridized carbons (Fsp3) is 0.619. The molecule has 4 heterocycles. The summed E-state index contributed by atoms with van der Waals surface area (Å²) >= 11 is 0. The average Bonchev–Trinajstić information content (AvgIpc) is 3.14. The van der Waals surface area contributed by atoms with Gasteiger partial charge in [-0.05, 0) is 88.3 Å². The molecule has 1 aliphatic carbocycles. The van der Waals surface area contributed by atoms with Crippen LogP contribution < -0.4 is 0 Å². The van der Waals surface area contributed by atoms with Gasteiger partial charge in [-0.1, -0.05) is 38.8 Å². The van der Waals surface area contributed by atoms with Crippen molar-refractivity contribution in [2.24, 2.45) is 16.2 Å². The van der Waals surface area contributed by atoms with Crippen LogP contribution in [0.1, 0.15) is 55.4 Å². The van der Waals surface area contributed by atoms with Gasteiger partial charge >= 0.3 is 0 Å². The Morgan fingerprint density at radius 2 is 1.00 bits per heavy atom. The molecule has 4 bridgehead atoms. The molecular formula is C21H28P2. The molecule has 0 saturated carbocycles. The quantitative estimate of drug-likeness (QED) is 0.410. The van der Waals surface area contributed by atoms with Gasteiger partial charge in [-0.2, -0.15) is 0 Å². The molecule has 2 heteroatoms. The molecule has 2 unspecified atom stereocenters. The van der Waals surface area contributed by atoms with Crippen molar-refractivity contribution in [3.8, 4) is 0 Å². The molecule has 5 rings (SSSR count). The van der Waals surface area contributed by atoms with E-state index in [0.29, 0.717) is 10.8 Å². The van der Waals surface area contributed by atoms with E-state index < -0.39 is 0 Å². The highest BCUT2D eigenvalue weighted by molar-refractivity contribution is 7.73. The Balaban J connectivity index is 1.80. The summed E-state index contributed by atoms with van der Waals surface area (Å²) in [6.07, 6.45) is 2.85. The number of hydrogen-bond acceptors (Lipinski definition) is 0. The number of allylic oxidation sites excluding steroid dienone is 8. The first kappa shape index (κ1) is 15.1. The van der Waals surface area contributed by atoms with Gasteiger partial charge in [-0.15, -0.1) is 0 Å². The second-order valence-corrected chi connectivity index (χ2v) is 13.9. The maximum atomic E-state index is 2.56. The lowest BCUT2D eigenvalue weighted by atomic mass is 9.60. The molecule has 0 aromatic heterocycles. The molecule has 0 nitrogen and oxygen atoms in total. The first-order valence-corrected chi connectivity index (χ1v) is 12.0. The minimum Gasteiger partial charge on any atom is -0.0592 e. The summed E-state index contributed by atoms with van der Waals surface area (Å²) < 4.78 is 0. The molecule has 0 amide bonds. The van der Waals surface area contributed by atoms with Crippen molar-refractivity contribution >= 4 is 15.8 Å². The van der Waals surface area contributed by atoms with E-state index in [2.05, 4.69) is 55.4 Å². The van der Waals surface area contributed by atoms with Crippen molar-refractivity contribution in [1.29, 1.82) is 0 Å². The van der Waals surface area contributed by atoms with E-state index in [1.165, 1.54) is 12.3 Å². The minimum absolute atomic E-state index is 0.0211. The Hall–Kier alpha value is -0.180. The molecule has 0 spiro atoms. The molecule has 0 radical (unpaired) electrons. The van der Waals surface area contributed by atoms with Crippen molar-refractivity contribution in [2.45, 2.75) is 55.4 Å². The zero-order valence-corrected chi connectivity index (χ0v) is 17.6. The third kappa shape index (κ3) is 1.28. The molecule has 4 aliphatic heterocycles. The van der Waals surface area contributed by atoms with Gasteiger partial charge in [0.15, 0.2) is 0 Å². The molecule has 0 fully saturated rings. The summed E-state index contributed by atoms with van der Waals surface area (Å²) in [7, 11) is -0.0422. The molecule has 0 aromatic rings. The summed E-state index contributed by atoms with van der Waals surface area (Å²) in [5.74, 6) is 0. The van der Waals surface area contributed by atoms with Crippen molar-refractivity contribution in [2.75, 3.05) is 12.3 Å². The lowest BCUT2D eigenvalue weighted by molar-refractivity contribution is 0.362. The van der Waals surface area contributed by atoms with E-state index in [9.17, 15) is 0 Å².